The van der Waals surface area contributed by atoms with E-state index in [-0.39, 0.29) is 23.3 Å². The number of hydrogen-bond acceptors (Lipinski definition) is 2. The third kappa shape index (κ3) is 3.98. The van der Waals surface area contributed by atoms with Crippen molar-refractivity contribution in [3.05, 3.63) is 101 Å². The lowest BCUT2D eigenvalue weighted by atomic mass is 9.73. The summed E-state index contributed by atoms with van der Waals surface area (Å²) in [5.41, 5.74) is 5.92. The summed E-state index contributed by atoms with van der Waals surface area (Å²) in [6, 6.07) is 27.0. The normalized spacial score (nSPS) is 18.3. The number of nitrogens with one attached hydrogen (secondary N) is 1. The fourth-order valence-corrected chi connectivity index (χ4v) is 5.31. The molecule has 1 N–H and O–H groups in total. The molecule has 0 bridgehead atoms. The van der Waals surface area contributed by atoms with Crippen molar-refractivity contribution in [2.24, 2.45) is 5.41 Å². The van der Waals surface area contributed by atoms with E-state index in [9.17, 15) is 4.79 Å². The number of ether oxygens (including phenoxy) is 1. The van der Waals surface area contributed by atoms with Crippen LogP contribution in [-0.4, -0.2) is 17.6 Å². The Balaban J connectivity index is 1.79. The zero-order valence-electron chi connectivity index (χ0n) is 20.3. The van der Waals surface area contributed by atoms with Gasteiger partial charge in [0.1, 0.15) is 5.75 Å². The van der Waals surface area contributed by atoms with Gasteiger partial charge in [-0.05, 0) is 46.2 Å². The summed E-state index contributed by atoms with van der Waals surface area (Å²) < 4.78 is 7.78. The number of nitrogens with zero attached hydrogens (tertiary/aromatic N) is 1. The summed E-state index contributed by atoms with van der Waals surface area (Å²) in [4.78, 5) is 13.2. The molecule has 4 aromatic rings. The van der Waals surface area contributed by atoms with E-state index in [4.69, 9.17) is 4.74 Å². The summed E-state index contributed by atoms with van der Waals surface area (Å²) >= 11 is 0. The second-order valence-corrected chi connectivity index (χ2v) is 10.3. The van der Waals surface area contributed by atoms with Gasteiger partial charge in [-0.2, -0.15) is 0 Å². The lowest BCUT2D eigenvalue weighted by Gasteiger charge is -2.30. The van der Waals surface area contributed by atoms with Gasteiger partial charge < -0.3 is 14.6 Å². The van der Waals surface area contributed by atoms with Crippen LogP contribution in [0.4, 0.5) is 0 Å². The van der Waals surface area contributed by atoms with Crippen molar-refractivity contribution in [1.29, 1.82) is 0 Å². The number of methoxy groups -OCH3 is 1. The van der Waals surface area contributed by atoms with Crippen LogP contribution in [-0.2, 0) is 11.3 Å². The number of aromatic nitrogens is 1. The van der Waals surface area contributed by atoms with Crippen LogP contribution in [0.2, 0.25) is 0 Å². The molecule has 5 rings (SSSR count). The first-order chi connectivity index (χ1) is 16.4. The summed E-state index contributed by atoms with van der Waals surface area (Å²) in [7, 11) is 1.69. The van der Waals surface area contributed by atoms with Crippen molar-refractivity contribution in [3.63, 3.8) is 0 Å². The molecule has 1 aliphatic heterocycles. The van der Waals surface area contributed by atoms with Crippen LogP contribution in [0.3, 0.4) is 0 Å². The van der Waals surface area contributed by atoms with E-state index in [0.717, 1.165) is 17.9 Å². The standard InChI is InChI=1S/C30H32N2O2/c1-30(2,3)24-18-26(33)31-28(21-10-6-5-7-11-21)29-27(24)23-12-8-9-13-25(23)32(29)19-20-14-16-22(34-4)17-15-20/h5-17,24,28H,18-19H2,1-4H3,(H,31,33). The van der Waals surface area contributed by atoms with Crippen LogP contribution in [0.25, 0.3) is 10.9 Å². The highest BCUT2D eigenvalue weighted by Crippen LogP contribution is 2.48. The molecule has 1 aromatic heterocycles. The van der Waals surface area contributed by atoms with E-state index in [1.54, 1.807) is 7.11 Å². The molecule has 1 amide bonds. The Morgan fingerprint density at radius 3 is 2.29 bits per heavy atom. The molecular weight excluding hydrogens is 420 g/mol. The molecular formula is C30H32N2O2. The molecule has 0 aliphatic carbocycles. The van der Waals surface area contributed by atoms with Gasteiger partial charge in [-0.25, -0.2) is 0 Å². The van der Waals surface area contributed by atoms with Crippen LogP contribution in [0.1, 0.15) is 61.5 Å². The first-order valence-corrected chi connectivity index (χ1v) is 11.9. The zero-order chi connectivity index (χ0) is 23.9. The first kappa shape index (κ1) is 22.3. The SMILES string of the molecule is COc1ccc(Cn2c3c(c4ccccc42)C(C(C)(C)C)CC(=O)NC3c2ccccc2)cc1. The van der Waals surface area contributed by atoms with Crippen molar-refractivity contribution in [1.82, 2.24) is 9.88 Å². The summed E-state index contributed by atoms with van der Waals surface area (Å²) in [5, 5.41) is 4.62. The van der Waals surface area contributed by atoms with Gasteiger partial charge in [-0.1, -0.05) is 81.4 Å². The molecule has 4 heteroatoms. The second kappa shape index (κ2) is 8.68. The van der Waals surface area contributed by atoms with Crippen LogP contribution in [0, 0.1) is 5.41 Å². The molecule has 0 radical (unpaired) electrons. The minimum Gasteiger partial charge on any atom is -0.497 e. The van der Waals surface area contributed by atoms with E-state index in [0.29, 0.717) is 6.42 Å². The van der Waals surface area contributed by atoms with Gasteiger partial charge in [-0.15, -0.1) is 0 Å². The maximum absolute atomic E-state index is 13.2. The summed E-state index contributed by atoms with van der Waals surface area (Å²) in [6.45, 7) is 7.45. The smallest absolute Gasteiger partial charge is 0.221 e. The largest absolute Gasteiger partial charge is 0.497 e. The fourth-order valence-electron chi connectivity index (χ4n) is 5.31. The Bertz CT molecular complexity index is 1310. The number of hydrogen-bond donors (Lipinski definition) is 1. The average molecular weight is 453 g/mol. The second-order valence-electron chi connectivity index (χ2n) is 10.3. The number of rotatable bonds is 4. The fraction of sp³-hybridized carbons (Fsp3) is 0.300. The predicted molar refractivity (Wildman–Crippen MR) is 137 cm³/mol. The topological polar surface area (TPSA) is 43.3 Å². The Hall–Kier alpha value is -3.53. The number of amides is 1. The molecule has 4 nitrogen and oxygen atoms in total. The van der Waals surface area contributed by atoms with Crippen LogP contribution in [0.15, 0.2) is 78.9 Å². The van der Waals surface area contributed by atoms with Gasteiger partial charge in [-0.3, -0.25) is 4.79 Å². The highest BCUT2D eigenvalue weighted by molar-refractivity contribution is 5.90. The van der Waals surface area contributed by atoms with Gasteiger partial charge in [0.15, 0.2) is 0 Å². The molecule has 3 aromatic carbocycles. The quantitative estimate of drug-likeness (QED) is 0.387. The molecule has 0 spiro atoms. The zero-order valence-corrected chi connectivity index (χ0v) is 20.3. The molecule has 1 aliphatic rings. The molecule has 0 fully saturated rings. The van der Waals surface area contributed by atoms with E-state index in [1.807, 2.05) is 30.3 Å². The maximum Gasteiger partial charge on any atom is 0.221 e. The predicted octanol–water partition coefficient (Wildman–Crippen LogP) is 6.44. The van der Waals surface area contributed by atoms with Crippen molar-refractivity contribution >= 4 is 16.8 Å². The number of carbonyl (C=O) groups excluding carboxylic acids is 1. The maximum atomic E-state index is 13.2. The van der Waals surface area contributed by atoms with Crippen LogP contribution < -0.4 is 10.1 Å². The highest BCUT2D eigenvalue weighted by atomic mass is 16.5. The Morgan fingerprint density at radius 1 is 0.941 bits per heavy atom. The van der Waals surface area contributed by atoms with Gasteiger partial charge in [0.2, 0.25) is 5.91 Å². The molecule has 2 atom stereocenters. The van der Waals surface area contributed by atoms with E-state index in [2.05, 4.69) is 79.2 Å². The van der Waals surface area contributed by atoms with Gasteiger partial charge in [0.25, 0.3) is 0 Å². The number of benzene rings is 3. The van der Waals surface area contributed by atoms with Gasteiger partial charge in [0.05, 0.1) is 13.2 Å². The molecule has 174 valence electrons. The number of carbonyl (C=O) groups is 1. The van der Waals surface area contributed by atoms with Crippen LogP contribution in [0.5, 0.6) is 5.75 Å². The van der Waals surface area contributed by atoms with Crippen molar-refractivity contribution in [3.8, 4) is 5.75 Å². The van der Waals surface area contributed by atoms with Crippen molar-refractivity contribution in [2.75, 3.05) is 7.11 Å². The van der Waals surface area contributed by atoms with E-state index >= 15 is 0 Å². The minimum absolute atomic E-state index is 0.0628. The van der Waals surface area contributed by atoms with E-state index in [1.165, 1.54) is 27.7 Å². The Kier molecular flexibility index (Phi) is 5.68. The number of para-hydroxylation sites is 1. The molecule has 0 saturated carbocycles. The molecule has 2 heterocycles. The van der Waals surface area contributed by atoms with Crippen molar-refractivity contribution < 1.29 is 9.53 Å². The monoisotopic (exact) mass is 452 g/mol. The summed E-state index contributed by atoms with van der Waals surface area (Å²) in [6.07, 6.45) is 0.483. The van der Waals surface area contributed by atoms with Crippen LogP contribution >= 0.6 is 0 Å². The lowest BCUT2D eigenvalue weighted by molar-refractivity contribution is -0.122. The van der Waals surface area contributed by atoms with Crippen molar-refractivity contribution in [2.45, 2.75) is 45.7 Å². The van der Waals surface area contributed by atoms with E-state index < -0.39 is 0 Å². The average Bonchev–Trinajstić information content (AvgIpc) is 3.04. The lowest BCUT2D eigenvalue weighted by Crippen LogP contribution is -2.30. The number of fused-ring (bicyclic) bond motifs is 3. The third-order valence-corrected chi connectivity index (χ3v) is 7.05. The Morgan fingerprint density at radius 2 is 1.62 bits per heavy atom. The molecule has 0 saturated heterocycles. The summed E-state index contributed by atoms with van der Waals surface area (Å²) in [5.74, 6) is 1.06. The highest BCUT2D eigenvalue weighted by Gasteiger charge is 2.39. The van der Waals surface area contributed by atoms with Gasteiger partial charge in [0, 0.05) is 29.6 Å². The third-order valence-electron chi connectivity index (χ3n) is 7.05. The minimum atomic E-state index is -0.207. The first-order valence-electron chi connectivity index (χ1n) is 11.9. The Labute approximate surface area is 201 Å². The molecule has 2 unspecified atom stereocenters. The van der Waals surface area contributed by atoms with Gasteiger partial charge >= 0.3 is 0 Å². The molecule has 34 heavy (non-hydrogen) atoms.